The number of ether oxygens (including phenoxy) is 3. The zero-order valence-electron chi connectivity index (χ0n) is 16.9. The summed E-state index contributed by atoms with van der Waals surface area (Å²) in [6.07, 6.45) is 0.972. The highest BCUT2D eigenvalue weighted by Crippen LogP contribution is 2.23. The molecule has 1 N–H and O–H groups in total. The maximum atomic E-state index is 12.8. The lowest BCUT2D eigenvalue weighted by Crippen LogP contribution is -2.32. The topological polar surface area (TPSA) is 69.7 Å². The van der Waals surface area contributed by atoms with Crippen molar-refractivity contribution in [1.82, 2.24) is 10.3 Å². The molecule has 0 aliphatic carbocycles. The first-order valence-electron chi connectivity index (χ1n) is 9.99. The Balaban J connectivity index is 1.40. The van der Waals surface area contributed by atoms with Crippen molar-refractivity contribution < 1.29 is 27.8 Å². The van der Waals surface area contributed by atoms with E-state index in [2.05, 4.69) is 15.0 Å². The standard InChI is InChI=1S/C22H26F2N2O4/c1-22(23,24)30-19-5-3-18(4-6-19)29-13-10-16-2-7-20(25-14-16)21(27)26-15-17-8-11-28-12-9-17/h2-7,14,17H,8-13,15H2,1H3,(H,26,27). The second-order valence-corrected chi connectivity index (χ2v) is 7.30. The van der Waals surface area contributed by atoms with Crippen molar-refractivity contribution in [1.29, 1.82) is 0 Å². The maximum absolute atomic E-state index is 12.8. The molecule has 1 amide bonds. The van der Waals surface area contributed by atoms with Crippen molar-refractivity contribution in [3.8, 4) is 11.5 Å². The van der Waals surface area contributed by atoms with E-state index < -0.39 is 6.11 Å². The number of rotatable bonds is 9. The van der Waals surface area contributed by atoms with Crippen LogP contribution in [0.2, 0.25) is 0 Å². The van der Waals surface area contributed by atoms with Crippen LogP contribution in [0.15, 0.2) is 42.6 Å². The number of alkyl halides is 2. The van der Waals surface area contributed by atoms with E-state index in [-0.39, 0.29) is 11.7 Å². The molecular formula is C22H26F2N2O4. The van der Waals surface area contributed by atoms with Gasteiger partial charge in [-0.25, -0.2) is 0 Å². The summed E-state index contributed by atoms with van der Waals surface area (Å²) in [5, 5.41) is 2.93. The van der Waals surface area contributed by atoms with Crippen LogP contribution in [0.1, 0.15) is 35.8 Å². The summed E-state index contributed by atoms with van der Waals surface area (Å²) >= 11 is 0. The number of carbonyl (C=O) groups is 1. The van der Waals surface area contributed by atoms with Gasteiger partial charge in [-0.3, -0.25) is 9.78 Å². The van der Waals surface area contributed by atoms with E-state index in [1.807, 2.05) is 6.07 Å². The molecule has 0 saturated carbocycles. The number of pyridine rings is 1. The number of hydrogen-bond acceptors (Lipinski definition) is 5. The molecule has 6 nitrogen and oxygen atoms in total. The molecular weight excluding hydrogens is 394 g/mol. The number of amides is 1. The minimum absolute atomic E-state index is 0.0738. The number of aromatic nitrogens is 1. The number of nitrogens with zero attached hydrogens (tertiary/aromatic N) is 1. The van der Waals surface area contributed by atoms with Crippen molar-refractivity contribution in [2.45, 2.75) is 32.3 Å². The molecule has 2 heterocycles. The molecule has 162 valence electrons. The van der Waals surface area contributed by atoms with Crippen LogP contribution in [0.25, 0.3) is 0 Å². The SMILES string of the molecule is CC(F)(F)Oc1ccc(OCCc2ccc(C(=O)NCC3CCOCC3)nc2)cc1. The largest absolute Gasteiger partial charge is 0.493 e. The van der Waals surface area contributed by atoms with E-state index in [0.29, 0.717) is 43.9 Å². The van der Waals surface area contributed by atoms with Gasteiger partial charge in [0.05, 0.1) is 6.61 Å². The molecule has 30 heavy (non-hydrogen) atoms. The van der Waals surface area contributed by atoms with Crippen molar-refractivity contribution in [2.24, 2.45) is 5.92 Å². The zero-order chi connectivity index (χ0) is 21.4. The minimum Gasteiger partial charge on any atom is -0.493 e. The Kier molecular flexibility index (Phi) is 7.57. The quantitative estimate of drug-likeness (QED) is 0.667. The summed E-state index contributed by atoms with van der Waals surface area (Å²) in [4.78, 5) is 16.5. The van der Waals surface area contributed by atoms with Gasteiger partial charge in [0.25, 0.3) is 5.91 Å². The molecule has 0 bridgehead atoms. The van der Waals surface area contributed by atoms with Crippen LogP contribution in [0.4, 0.5) is 8.78 Å². The highest BCUT2D eigenvalue weighted by atomic mass is 19.3. The van der Waals surface area contributed by atoms with E-state index in [1.165, 1.54) is 12.1 Å². The monoisotopic (exact) mass is 420 g/mol. The Morgan fingerprint density at radius 3 is 2.50 bits per heavy atom. The van der Waals surface area contributed by atoms with Gasteiger partial charge in [0.15, 0.2) is 0 Å². The minimum atomic E-state index is -3.22. The Bertz CT molecular complexity index is 801. The van der Waals surface area contributed by atoms with E-state index in [0.717, 1.165) is 31.6 Å². The third kappa shape index (κ3) is 7.26. The fourth-order valence-corrected chi connectivity index (χ4v) is 3.08. The fraction of sp³-hybridized carbons (Fsp3) is 0.455. The molecule has 0 radical (unpaired) electrons. The number of halogens is 2. The Morgan fingerprint density at radius 2 is 1.87 bits per heavy atom. The molecule has 1 aromatic heterocycles. The molecule has 0 unspecified atom stereocenters. The van der Waals surface area contributed by atoms with Crippen LogP contribution in [-0.4, -0.2) is 43.4 Å². The number of carbonyl (C=O) groups excluding carboxylic acids is 1. The summed E-state index contributed by atoms with van der Waals surface area (Å²) in [6, 6.07) is 9.56. The summed E-state index contributed by atoms with van der Waals surface area (Å²) in [5.41, 5.74) is 1.32. The Labute approximate surface area is 174 Å². The predicted molar refractivity (Wildman–Crippen MR) is 107 cm³/mol. The summed E-state index contributed by atoms with van der Waals surface area (Å²) in [7, 11) is 0. The Morgan fingerprint density at radius 1 is 1.17 bits per heavy atom. The number of hydrogen-bond donors (Lipinski definition) is 1. The summed E-state index contributed by atoms with van der Waals surface area (Å²) in [5.74, 6) is 0.908. The van der Waals surface area contributed by atoms with Crippen molar-refractivity contribution in [2.75, 3.05) is 26.4 Å². The van der Waals surface area contributed by atoms with Crippen LogP contribution in [0.3, 0.4) is 0 Å². The lowest BCUT2D eigenvalue weighted by atomic mass is 10.0. The molecule has 8 heteroatoms. The third-order valence-electron chi connectivity index (χ3n) is 4.73. The van der Waals surface area contributed by atoms with Gasteiger partial charge in [0.1, 0.15) is 17.2 Å². The first-order chi connectivity index (χ1) is 14.4. The normalized spacial score (nSPS) is 14.9. The predicted octanol–water partition coefficient (Wildman–Crippen LogP) is 3.85. The fourth-order valence-electron chi connectivity index (χ4n) is 3.08. The third-order valence-corrected chi connectivity index (χ3v) is 4.73. The Hall–Kier alpha value is -2.74. The van der Waals surface area contributed by atoms with Gasteiger partial charge in [-0.15, -0.1) is 0 Å². The molecule has 1 aliphatic heterocycles. The molecule has 1 aliphatic rings. The van der Waals surface area contributed by atoms with Crippen LogP contribution in [0, 0.1) is 5.92 Å². The van der Waals surface area contributed by atoms with E-state index in [4.69, 9.17) is 9.47 Å². The number of benzene rings is 1. The molecule has 1 aromatic carbocycles. The van der Waals surface area contributed by atoms with Gasteiger partial charge in [-0.2, -0.15) is 8.78 Å². The first kappa shape index (κ1) is 22.0. The van der Waals surface area contributed by atoms with Gasteiger partial charge < -0.3 is 19.5 Å². The van der Waals surface area contributed by atoms with Gasteiger partial charge >= 0.3 is 6.11 Å². The van der Waals surface area contributed by atoms with E-state index >= 15 is 0 Å². The smallest absolute Gasteiger partial charge is 0.394 e. The summed E-state index contributed by atoms with van der Waals surface area (Å²) < 4.78 is 41.0. The summed E-state index contributed by atoms with van der Waals surface area (Å²) in [6.45, 7) is 3.22. The molecule has 3 rings (SSSR count). The van der Waals surface area contributed by atoms with Crippen molar-refractivity contribution in [3.05, 3.63) is 53.9 Å². The van der Waals surface area contributed by atoms with Gasteiger partial charge in [0, 0.05) is 39.3 Å². The molecule has 1 saturated heterocycles. The van der Waals surface area contributed by atoms with Crippen molar-refractivity contribution >= 4 is 5.91 Å². The molecule has 1 fully saturated rings. The van der Waals surface area contributed by atoms with Crippen LogP contribution in [0.5, 0.6) is 11.5 Å². The van der Waals surface area contributed by atoms with Crippen molar-refractivity contribution in [3.63, 3.8) is 0 Å². The van der Waals surface area contributed by atoms with Crippen LogP contribution < -0.4 is 14.8 Å². The lowest BCUT2D eigenvalue weighted by molar-refractivity contribution is -0.158. The molecule has 2 aromatic rings. The first-order valence-corrected chi connectivity index (χ1v) is 9.99. The molecule has 0 spiro atoms. The highest BCUT2D eigenvalue weighted by molar-refractivity contribution is 5.92. The van der Waals surface area contributed by atoms with Crippen LogP contribution >= 0.6 is 0 Å². The maximum Gasteiger partial charge on any atom is 0.394 e. The van der Waals surface area contributed by atoms with E-state index in [1.54, 1.807) is 24.4 Å². The second-order valence-electron chi connectivity index (χ2n) is 7.30. The average molecular weight is 420 g/mol. The zero-order valence-corrected chi connectivity index (χ0v) is 16.9. The lowest BCUT2D eigenvalue weighted by Gasteiger charge is -2.22. The van der Waals surface area contributed by atoms with Gasteiger partial charge in [0.2, 0.25) is 0 Å². The molecule has 0 atom stereocenters. The second kappa shape index (κ2) is 10.3. The number of nitrogens with one attached hydrogen (secondary N) is 1. The van der Waals surface area contributed by atoms with Gasteiger partial charge in [-0.05, 0) is 54.7 Å². The van der Waals surface area contributed by atoms with Crippen LogP contribution in [-0.2, 0) is 11.2 Å². The highest BCUT2D eigenvalue weighted by Gasteiger charge is 2.23. The van der Waals surface area contributed by atoms with Gasteiger partial charge in [-0.1, -0.05) is 6.07 Å². The van der Waals surface area contributed by atoms with E-state index in [9.17, 15) is 13.6 Å². The average Bonchev–Trinajstić information content (AvgIpc) is 2.73.